The van der Waals surface area contributed by atoms with Gasteiger partial charge >= 0.3 is 0 Å². The van der Waals surface area contributed by atoms with E-state index in [1.807, 2.05) is 0 Å². The molecule has 1 saturated heterocycles. The highest BCUT2D eigenvalue weighted by Gasteiger charge is 2.15. The molecule has 0 unspecified atom stereocenters. The molecule has 1 heterocycles. The first-order valence-corrected chi connectivity index (χ1v) is 6.67. The quantitative estimate of drug-likeness (QED) is 0.834. The predicted molar refractivity (Wildman–Crippen MR) is 68.3 cm³/mol. The number of benzene rings is 1. The van der Waals surface area contributed by atoms with Crippen LogP contribution < -0.4 is 5.73 Å². The number of nitrogens with two attached hydrogens (primary N) is 1. The molecule has 0 radical (unpaired) electrons. The minimum absolute atomic E-state index is 0.146. The van der Waals surface area contributed by atoms with Crippen LogP contribution in [0.25, 0.3) is 0 Å². The summed E-state index contributed by atoms with van der Waals surface area (Å²) in [6.45, 7) is 3.06. The third-order valence-electron chi connectivity index (χ3n) is 3.59. The van der Waals surface area contributed by atoms with Crippen LogP contribution in [0.3, 0.4) is 0 Å². The smallest absolute Gasteiger partial charge is 0.161 e. The van der Waals surface area contributed by atoms with E-state index in [2.05, 4.69) is 4.90 Å². The van der Waals surface area contributed by atoms with Gasteiger partial charge in [0.15, 0.2) is 11.6 Å². The molecule has 5 heteroatoms. The van der Waals surface area contributed by atoms with Crippen molar-refractivity contribution in [2.45, 2.75) is 31.7 Å². The Labute approximate surface area is 111 Å². The molecule has 2 nitrogen and oxygen atoms in total. The maximum absolute atomic E-state index is 13.5. The second-order valence-electron chi connectivity index (χ2n) is 5.16. The highest BCUT2D eigenvalue weighted by atomic mass is 19.2. The van der Waals surface area contributed by atoms with E-state index in [0.717, 1.165) is 32.1 Å². The number of hydrogen-bond acceptors (Lipinski definition) is 2. The van der Waals surface area contributed by atoms with Crippen LogP contribution in [0.5, 0.6) is 0 Å². The van der Waals surface area contributed by atoms with Crippen molar-refractivity contribution >= 4 is 0 Å². The van der Waals surface area contributed by atoms with Crippen molar-refractivity contribution < 1.29 is 13.2 Å². The number of likely N-dealkylation sites (tertiary alicyclic amines) is 1. The Morgan fingerprint density at radius 3 is 2.37 bits per heavy atom. The molecule has 1 atom stereocenters. The molecule has 0 aromatic heterocycles. The normalized spacial score (nSPS) is 17.9. The maximum atomic E-state index is 13.5. The van der Waals surface area contributed by atoms with Gasteiger partial charge in [-0.15, -0.1) is 0 Å². The molecule has 1 aliphatic rings. The van der Waals surface area contributed by atoms with Gasteiger partial charge in [-0.05, 0) is 56.9 Å². The molecule has 1 aromatic rings. The summed E-state index contributed by atoms with van der Waals surface area (Å²) >= 11 is 0. The molecule has 1 aromatic carbocycles. The van der Waals surface area contributed by atoms with E-state index in [0.29, 0.717) is 6.07 Å². The topological polar surface area (TPSA) is 29.3 Å². The van der Waals surface area contributed by atoms with Gasteiger partial charge in [-0.2, -0.15) is 0 Å². The van der Waals surface area contributed by atoms with E-state index in [-0.39, 0.29) is 18.0 Å². The van der Waals surface area contributed by atoms with Crippen LogP contribution >= 0.6 is 0 Å². The number of hydrogen-bond donors (Lipinski definition) is 1. The Morgan fingerprint density at radius 1 is 1.05 bits per heavy atom. The summed E-state index contributed by atoms with van der Waals surface area (Å²) in [7, 11) is 0. The lowest BCUT2D eigenvalue weighted by Crippen LogP contribution is -2.30. The zero-order valence-corrected chi connectivity index (χ0v) is 10.8. The molecule has 1 aliphatic heterocycles. The van der Waals surface area contributed by atoms with E-state index < -0.39 is 17.5 Å². The average Bonchev–Trinajstić information content (AvgIpc) is 2.86. The molecule has 106 valence electrons. The highest BCUT2D eigenvalue weighted by Crippen LogP contribution is 2.16. The molecule has 0 amide bonds. The van der Waals surface area contributed by atoms with Gasteiger partial charge in [0.25, 0.3) is 0 Å². The zero-order chi connectivity index (χ0) is 13.8. The second-order valence-corrected chi connectivity index (χ2v) is 5.16. The molecule has 0 spiro atoms. The Balaban J connectivity index is 1.87. The Morgan fingerprint density at radius 2 is 1.68 bits per heavy atom. The number of halogens is 3. The molecule has 1 fully saturated rings. The van der Waals surface area contributed by atoms with E-state index >= 15 is 0 Å². The van der Waals surface area contributed by atoms with Crippen LogP contribution in [0.1, 0.15) is 24.8 Å². The third kappa shape index (κ3) is 3.94. The standard InChI is InChI=1S/C14H19F3N2/c15-12-9-14(17)13(16)8-10(12)7-11(18)3-6-19-4-1-2-5-19/h8-9,11H,1-7,18H2/t11-/m0/s1. The van der Waals surface area contributed by atoms with Gasteiger partial charge in [0.2, 0.25) is 0 Å². The van der Waals surface area contributed by atoms with Crippen LogP contribution in [0.4, 0.5) is 13.2 Å². The fourth-order valence-corrected chi connectivity index (χ4v) is 2.46. The van der Waals surface area contributed by atoms with Gasteiger partial charge in [-0.3, -0.25) is 0 Å². The van der Waals surface area contributed by atoms with Gasteiger partial charge in [0.05, 0.1) is 0 Å². The maximum Gasteiger partial charge on any atom is 0.161 e. The van der Waals surface area contributed by atoms with Crippen LogP contribution in [-0.4, -0.2) is 30.6 Å². The molecular formula is C14H19F3N2. The van der Waals surface area contributed by atoms with E-state index in [9.17, 15) is 13.2 Å². The fourth-order valence-electron chi connectivity index (χ4n) is 2.46. The summed E-state index contributed by atoms with van der Waals surface area (Å²) in [5.74, 6) is -2.91. The van der Waals surface area contributed by atoms with Gasteiger partial charge in [-0.25, -0.2) is 13.2 Å². The molecule has 0 bridgehead atoms. The molecule has 19 heavy (non-hydrogen) atoms. The number of nitrogens with zero attached hydrogens (tertiary/aromatic N) is 1. The lowest BCUT2D eigenvalue weighted by Gasteiger charge is -2.18. The molecule has 2 N–H and O–H groups in total. The minimum Gasteiger partial charge on any atom is -0.327 e. The summed E-state index contributed by atoms with van der Waals surface area (Å²) in [6, 6.07) is 1.25. The van der Waals surface area contributed by atoms with Gasteiger partial charge in [0.1, 0.15) is 5.82 Å². The van der Waals surface area contributed by atoms with Crippen molar-refractivity contribution in [1.29, 1.82) is 0 Å². The van der Waals surface area contributed by atoms with Crippen molar-refractivity contribution in [1.82, 2.24) is 4.90 Å². The van der Waals surface area contributed by atoms with Gasteiger partial charge in [-0.1, -0.05) is 0 Å². The first-order valence-electron chi connectivity index (χ1n) is 6.67. The SMILES string of the molecule is N[C@@H](CCN1CCCC1)Cc1cc(F)c(F)cc1F. The molecule has 0 saturated carbocycles. The van der Waals surface area contributed by atoms with Gasteiger partial charge in [0, 0.05) is 12.1 Å². The molecule has 0 aliphatic carbocycles. The van der Waals surface area contributed by atoms with Crippen molar-refractivity contribution in [2.24, 2.45) is 5.73 Å². The van der Waals surface area contributed by atoms with Crippen molar-refractivity contribution in [3.8, 4) is 0 Å². The van der Waals surface area contributed by atoms with E-state index in [1.165, 1.54) is 12.8 Å². The summed E-state index contributed by atoms with van der Waals surface area (Å²) in [6.07, 6.45) is 3.40. The highest BCUT2D eigenvalue weighted by molar-refractivity contribution is 5.21. The minimum atomic E-state index is -1.16. The average molecular weight is 272 g/mol. The van der Waals surface area contributed by atoms with Crippen LogP contribution in [0, 0.1) is 17.5 Å². The van der Waals surface area contributed by atoms with E-state index in [1.54, 1.807) is 0 Å². The Kier molecular flexibility index (Phi) is 4.82. The first-order chi connectivity index (χ1) is 9.06. The number of rotatable bonds is 5. The third-order valence-corrected chi connectivity index (χ3v) is 3.59. The summed E-state index contributed by atoms with van der Waals surface area (Å²) < 4.78 is 39.3. The van der Waals surface area contributed by atoms with Crippen molar-refractivity contribution in [2.75, 3.05) is 19.6 Å². The second kappa shape index (κ2) is 6.39. The van der Waals surface area contributed by atoms with Crippen molar-refractivity contribution in [3.63, 3.8) is 0 Å². The summed E-state index contributed by atoms with van der Waals surface area (Å²) in [5, 5.41) is 0. The lowest BCUT2D eigenvalue weighted by molar-refractivity contribution is 0.320. The van der Waals surface area contributed by atoms with Crippen LogP contribution in [0.15, 0.2) is 12.1 Å². The summed E-state index contributed by atoms with van der Waals surface area (Å²) in [5.41, 5.74) is 6.08. The van der Waals surface area contributed by atoms with Crippen LogP contribution in [0.2, 0.25) is 0 Å². The zero-order valence-electron chi connectivity index (χ0n) is 10.8. The lowest BCUT2D eigenvalue weighted by atomic mass is 10.0. The Bertz CT molecular complexity index is 431. The molecule has 2 rings (SSSR count). The fraction of sp³-hybridized carbons (Fsp3) is 0.571. The summed E-state index contributed by atoms with van der Waals surface area (Å²) in [4.78, 5) is 2.32. The first kappa shape index (κ1) is 14.3. The molecular weight excluding hydrogens is 253 g/mol. The predicted octanol–water partition coefficient (Wildman–Crippen LogP) is 2.46. The Hall–Kier alpha value is -1.07. The van der Waals surface area contributed by atoms with E-state index in [4.69, 9.17) is 5.73 Å². The monoisotopic (exact) mass is 272 g/mol. The van der Waals surface area contributed by atoms with Crippen molar-refractivity contribution in [3.05, 3.63) is 35.1 Å². The van der Waals surface area contributed by atoms with Gasteiger partial charge < -0.3 is 10.6 Å². The largest absolute Gasteiger partial charge is 0.327 e. The van der Waals surface area contributed by atoms with Crippen LogP contribution in [-0.2, 0) is 6.42 Å².